The zero-order valence-corrected chi connectivity index (χ0v) is 8.17. The highest BCUT2D eigenvalue weighted by Gasteiger charge is 1.94. The molecule has 0 aromatic carbocycles. The maximum atomic E-state index is 4.10. The van der Waals surface area contributed by atoms with Crippen LogP contribution in [-0.4, -0.2) is 19.9 Å². The highest BCUT2D eigenvalue weighted by molar-refractivity contribution is 5.00. The first-order valence-corrected chi connectivity index (χ1v) is 4.65. The Morgan fingerprint density at radius 2 is 1.40 bits per heavy atom. The molecular formula is C10H11N5. The van der Waals surface area contributed by atoms with Gasteiger partial charge in [-0.1, -0.05) is 0 Å². The summed E-state index contributed by atoms with van der Waals surface area (Å²) < 4.78 is 0. The summed E-state index contributed by atoms with van der Waals surface area (Å²) in [6.45, 7) is 1.43. The van der Waals surface area contributed by atoms with Crippen LogP contribution in [0.2, 0.25) is 0 Å². The molecule has 15 heavy (non-hydrogen) atoms. The minimum absolute atomic E-state index is 0.715. The van der Waals surface area contributed by atoms with E-state index in [1.54, 1.807) is 25.0 Å². The second kappa shape index (κ2) is 5.11. The first kappa shape index (κ1) is 9.67. The Labute approximate surface area is 87.6 Å². The summed E-state index contributed by atoms with van der Waals surface area (Å²) in [6.07, 6.45) is 6.55. The van der Waals surface area contributed by atoms with Crippen LogP contribution in [-0.2, 0) is 13.1 Å². The average molecular weight is 201 g/mol. The molecule has 1 N–H and O–H groups in total. The van der Waals surface area contributed by atoms with Gasteiger partial charge in [0.05, 0.1) is 11.4 Å². The number of rotatable bonds is 4. The van der Waals surface area contributed by atoms with Crippen LogP contribution in [0, 0.1) is 0 Å². The zero-order valence-electron chi connectivity index (χ0n) is 8.17. The van der Waals surface area contributed by atoms with Gasteiger partial charge in [0, 0.05) is 25.5 Å². The molecule has 76 valence electrons. The highest BCUT2D eigenvalue weighted by atomic mass is 14.9. The molecule has 0 saturated heterocycles. The summed E-state index contributed by atoms with van der Waals surface area (Å²) in [4.78, 5) is 15.9. The molecular weight excluding hydrogens is 190 g/mol. The summed E-state index contributed by atoms with van der Waals surface area (Å²) in [5.74, 6) is 0. The maximum Gasteiger partial charge on any atom is 0.115 e. The topological polar surface area (TPSA) is 63.6 Å². The van der Waals surface area contributed by atoms with Crippen LogP contribution in [0.25, 0.3) is 0 Å². The van der Waals surface area contributed by atoms with Crippen LogP contribution in [0.15, 0.2) is 37.2 Å². The number of nitrogens with zero attached hydrogens (tertiary/aromatic N) is 4. The van der Waals surface area contributed by atoms with Gasteiger partial charge in [0.25, 0.3) is 0 Å². The monoisotopic (exact) mass is 201 g/mol. The Kier molecular flexibility index (Phi) is 3.30. The molecule has 0 radical (unpaired) electrons. The van der Waals surface area contributed by atoms with E-state index < -0.39 is 0 Å². The van der Waals surface area contributed by atoms with Crippen molar-refractivity contribution in [3.63, 3.8) is 0 Å². The number of hydrogen-bond acceptors (Lipinski definition) is 5. The molecule has 2 heterocycles. The lowest BCUT2D eigenvalue weighted by atomic mass is 10.3. The van der Waals surface area contributed by atoms with Gasteiger partial charge in [-0.15, -0.1) is 0 Å². The number of nitrogens with one attached hydrogen (secondary N) is 1. The van der Waals surface area contributed by atoms with E-state index in [2.05, 4.69) is 25.3 Å². The van der Waals surface area contributed by atoms with Crippen molar-refractivity contribution in [1.82, 2.24) is 25.3 Å². The molecule has 0 saturated carbocycles. The fourth-order valence-electron chi connectivity index (χ4n) is 1.16. The van der Waals surface area contributed by atoms with Crippen LogP contribution in [0.1, 0.15) is 11.4 Å². The van der Waals surface area contributed by atoms with Crippen molar-refractivity contribution < 1.29 is 0 Å². The van der Waals surface area contributed by atoms with Gasteiger partial charge < -0.3 is 5.32 Å². The second-order valence-electron chi connectivity index (χ2n) is 3.00. The van der Waals surface area contributed by atoms with Gasteiger partial charge in [0.15, 0.2) is 0 Å². The molecule has 0 aliphatic carbocycles. The van der Waals surface area contributed by atoms with Crippen molar-refractivity contribution >= 4 is 0 Å². The van der Waals surface area contributed by atoms with Crippen LogP contribution in [0.3, 0.4) is 0 Å². The Hall–Kier alpha value is -1.88. The third kappa shape index (κ3) is 3.07. The molecule has 0 atom stereocenters. The van der Waals surface area contributed by atoms with Gasteiger partial charge in [-0.05, 0) is 12.1 Å². The molecule has 0 unspecified atom stereocenters. The van der Waals surface area contributed by atoms with Crippen molar-refractivity contribution in [1.29, 1.82) is 0 Å². The Morgan fingerprint density at radius 1 is 0.867 bits per heavy atom. The molecule has 0 spiro atoms. The first-order chi connectivity index (χ1) is 7.45. The second-order valence-corrected chi connectivity index (χ2v) is 3.00. The molecule has 2 rings (SSSR count). The van der Waals surface area contributed by atoms with Crippen LogP contribution in [0.4, 0.5) is 0 Å². The van der Waals surface area contributed by atoms with Crippen molar-refractivity contribution in [2.75, 3.05) is 0 Å². The minimum Gasteiger partial charge on any atom is -0.306 e. The van der Waals surface area contributed by atoms with Crippen molar-refractivity contribution in [2.45, 2.75) is 13.1 Å². The maximum absolute atomic E-state index is 4.10. The average Bonchev–Trinajstić information content (AvgIpc) is 2.32. The lowest BCUT2D eigenvalue weighted by Crippen LogP contribution is -2.14. The van der Waals surface area contributed by atoms with Gasteiger partial charge in [0.2, 0.25) is 0 Å². The van der Waals surface area contributed by atoms with Crippen molar-refractivity contribution in [2.24, 2.45) is 0 Å². The molecule has 0 aliphatic rings. The third-order valence-electron chi connectivity index (χ3n) is 1.90. The SMILES string of the molecule is c1cc(CNCc2ccncn2)ncn1. The summed E-state index contributed by atoms with van der Waals surface area (Å²) in [6, 6.07) is 3.76. The lowest BCUT2D eigenvalue weighted by Gasteiger charge is -2.02. The number of aromatic nitrogens is 4. The molecule has 2 aromatic rings. The number of hydrogen-bond donors (Lipinski definition) is 1. The Morgan fingerprint density at radius 3 is 1.80 bits per heavy atom. The van der Waals surface area contributed by atoms with Gasteiger partial charge in [-0.2, -0.15) is 0 Å². The van der Waals surface area contributed by atoms with E-state index in [-0.39, 0.29) is 0 Å². The molecule has 5 nitrogen and oxygen atoms in total. The first-order valence-electron chi connectivity index (χ1n) is 4.65. The quantitative estimate of drug-likeness (QED) is 0.782. The predicted octanol–water partition coefficient (Wildman–Crippen LogP) is 0.556. The van der Waals surface area contributed by atoms with Gasteiger partial charge in [-0.25, -0.2) is 19.9 Å². The smallest absolute Gasteiger partial charge is 0.115 e. The molecule has 5 heteroatoms. The minimum atomic E-state index is 0.715. The van der Waals surface area contributed by atoms with E-state index in [1.807, 2.05) is 12.1 Å². The van der Waals surface area contributed by atoms with E-state index in [0.29, 0.717) is 13.1 Å². The lowest BCUT2D eigenvalue weighted by molar-refractivity contribution is 0.664. The van der Waals surface area contributed by atoms with Crippen molar-refractivity contribution in [3.8, 4) is 0 Å². The van der Waals surface area contributed by atoms with E-state index >= 15 is 0 Å². The molecule has 0 bridgehead atoms. The Bertz CT molecular complexity index is 350. The normalized spacial score (nSPS) is 10.1. The summed E-state index contributed by atoms with van der Waals surface area (Å²) in [5.41, 5.74) is 1.94. The van der Waals surface area contributed by atoms with E-state index in [0.717, 1.165) is 11.4 Å². The van der Waals surface area contributed by atoms with E-state index in [1.165, 1.54) is 0 Å². The third-order valence-corrected chi connectivity index (χ3v) is 1.90. The predicted molar refractivity (Wildman–Crippen MR) is 54.6 cm³/mol. The Balaban J connectivity index is 1.81. The fourth-order valence-corrected chi connectivity index (χ4v) is 1.16. The van der Waals surface area contributed by atoms with Gasteiger partial charge in [-0.3, -0.25) is 0 Å². The van der Waals surface area contributed by atoms with Crippen LogP contribution in [0.5, 0.6) is 0 Å². The van der Waals surface area contributed by atoms with Gasteiger partial charge in [0.1, 0.15) is 12.7 Å². The van der Waals surface area contributed by atoms with Crippen LogP contribution < -0.4 is 5.32 Å². The van der Waals surface area contributed by atoms with E-state index in [9.17, 15) is 0 Å². The zero-order chi connectivity index (χ0) is 10.3. The molecule has 0 fully saturated rings. The molecule has 2 aromatic heterocycles. The van der Waals surface area contributed by atoms with E-state index in [4.69, 9.17) is 0 Å². The standard InChI is InChI=1S/C10H11N5/c1-3-11-7-14-9(1)5-13-6-10-2-4-12-8-15-10/h1-4,7-8,13H,5-6H2. The molecule has 0 amide bonds. The fraction of sp³-hybridized carbons (Fsp3) is 0.200. The van der Waals surface area contributed by atoms with Crippen molar-refractivity contribution in [3.05, 3.63) is 48.6 Å². The highest BCUT2D eigenvalue weighted by Crippen LogP contribution is 1.93. The summed E-state index contributed by atoms with van der Waals surface area (Å²) >= 11 is 0. The van der Waals surface area contributed by atoms with Gasteiger partial charge >= 0.3 is 0 Å². The largest absolute Gasteiger partial charge is 0.306 e. The van der Waals surface area contributed by atoms with Crippen LogP contribution >= 0.6 is 0 Å². The molecule has 0 aliphatic heterocycles. The summed E-state index contributed by atoms with van der Waals surface area (Å²) in [5, 5.41) is 3.24. The summed E-state index contributed by atoms with van der Waals surface area (Å²) in [7, 11) is 0.